The van der Waals surface area contributed by atoms with Crippen molar-refractivity contribution in [2.45, 2.75) is 14.7 Å². The highest BCUT2D eigenvalue weighted by molar-refractivity contribution is 7.83. The second kappa shape index (κ2) is 4.34. The van der Waals surface area contributed by atoms with Crippen molar-refractivity contribution in [2.24, 2.45) is 0 Å². The van der Waals surface area contributed by atoms with Crippen molar-refractivity contribution in [2.75, 3.05) is 0 Å². The quantitative estimate of drug-likeness (QED) is 0.533. The van der Waals surface area contributed by atoms with E-state index in [4.69, 9.17) is 9.11 Å². The summed E-state index contributed by atoms with van der Waals surface area (Å²) in [6, 6.07) is 3.94. The Morgan fingerprint density at radius 3 is 2.23 bits per heavy atom. The summed E-state index contributed by atoms with van der Waals surface area (Å²) >= 11 is -0.414. The second-order valence-electron chi connectivity index (χ2n) is 2.13. The Labute approximate surface area is 85.3 Å². The molecule has 2 unspecified atom stereocenters. The lowest BCUT2D eigenvalue weighted by Crippen LogP contribution is -1.94. The van der Waals surface area contributed by atoms with Crippen LogP contribution in [0.1, 0.15) is 0 Å². The van der Waals surface area contributed by atoms with E-state index in [0.717, 1.165) is 0 Å². The van der Waals surface area contributed by atoms with E-state index in [2.05, 4.69) is 12.6 Å². The lowest BCUT2D eigenvalue weighted by molar-refractivity contribution is 0.560. The molecule has 4 nitrogen and oxygen atoms in total. The van der Waals surface area contributed by atoms with Gasteiger partial charge in [-0.2, -0.15) is 0 Å². The molecule has 7 heteroatoms. The lowest BCUT2D eigenvalue weighted by Gasteiger charge is -2.01. The van der Waals surface area contributed by atoms with Crippen molar-refractivity contribution in [3.8, 4) is 0 Å². The van der Waals surface area contributed by atoms with Crippen LogP contribution in [-0.2, 0) is 22.2 Å². The van der Waals surface area contributed by atoms with Gasteiger partial charge in [0, 0.05) is 4.90 Å². The Morgan fingerprint density at radius 1 is 1.15 bits per heavy atom. The van der Waals surface area contributed by atoms with E-state index in [9.17, 15) is 8.42 Å². The van der Waals surface area contributed by atoms with Crippen LogP contribution in [0.5, 0.6) is 0 Å². The largest absolute Gasteiger partial charge is 0.302 e. The summed E-state index contributed by atoms with van der Waals surface area (Å²) in [6.07, 6.45) is 0. The molecule has 0 bridgehead atoms. The van der Waals surface area contributed by atoms with Crippen molar-refractivity contribution >= 4 is 34.8 Å². The van der Waals surface area contributed by atoms with Crippen LogP contribution in [-0.4, -0.2) is 17.5 Å². The van der Waals surface area contributed by atoms with Crippen LogP contribution in [0.15, 0.2) is 32.9 Å². The van der Waals surface area contributed by atoms with Gasteiger partial charge in [0.15, 0.2) is 22.2 Å². The average molecular weight is 238 g/mol. The number of hydrogen-bond donors (Lipinski definition) is 3. The summed E-state index contributed by atoms with van der Waals surface area (Å²) < 4.78 is 38.7. The van der Waals surface area contributed by atoms with Crippen molar-refractivity contribution in [1.82, 2.24) is 0 Å². The lowest BCUT2D eigenvalue weighted by atomic mass is 10.4. The zero-order chi connectivity index (χ0) is 10.0. The molecule has 0 saturated carbocycles. The van der Waals surface area contributed by atoms with Gasteiger partial charge in [0.05, 0.1) is 9.79 Å². The number of rotatable bonds is 2. The molecule has 2 N–H and O–H groups in total. The zero-order valence-corrected chi connectivity index (χ0v) is 8.73. The van der Waals surface area contributed by atoms with E-state index in [1.54, 1.807) is 0 Å². The average Bonchev–Trinajstić information content (AvgIpc) is 2.04. The van der Waals surface area contributed by atoms with Crippen LogP contribution >= 0.6 is 12.6 Å². The fourth-order valence-electron chi connectivity index (χ4n) is 0.743. The van der Waals surface area contributed by atoms with Crippen LogP contribution < -0.4 is 0 Å². The number of benzene rings is 1. The molecule has 1 aromatic carbocycles. The summed E-state index contributed by atoms with van der Waals surface area (Å²) in [4.78, 5) is 0.425. The van der Waals surface area contributed by atoms with Gasteiger partial charge in [-0.3, -0.25) is 0 Å². The molecular formula is C6H6O4S3. The van der Waals surface area contributed by atoms with Crippen LogP contribution in [0.4, 0.5) is 0 Å². The van der Waals surface area contributed by atoms with E-state index in [0.29, 0.717) is 4.90 Å². The molecule has 0 aliphatic carbocycles. The molecule has 0 radical (unpaired) electrons. The summed E-state index contributed by atoms with van der Waals surface area (Å²) in [7, 11) is 0. The monoisotopic (exact) mass is 238 g/mol. The molecule has 0 aliphatic heterocycles. The topological polar surface area (TPSA) is 74.6 Å². The third-order valence-corrected chi connectivity index (χ3v) is 3.23. The number of thiol groups is 1. The molecule has 72 valence electrons. The van der Waals surface area contributed by atoms with Gasteiger partial charge in [0.25, 0.3) is 0 Å². The second-order valence-corrected chi connectivity index (χ2v) is 4.52. The first-order valence-electron chi connectivity index (χ1n) is 3.07. The Kier molecular flexibility index (Phi) is 3.63. The van der Waals surface area contributed by atoms with Crippen molar-refractivity contribution in [3.05, 3.63) is 18.2 Å². The Hall–Kier alpha value is -0.210. The van der Waals surface area contributed by atoms with Gasteiger partial charge >= 0.3 is 0 Å². The predicted octanol–water partition coefficient (Wildman–Crippen LogP) is 1.14. The van der Waals surface area contributed by atoms with Crippen LogP contribution in [0, 0.1) is 0 Å². The number of hydrogen-bond acceptors (Lipinski definition) is 3. The van der Waals surface area contributed by atoms with Gasteiger partial charge in [0.2, 0.25) is 0 Å². The summed E-state index contributed by atoms with van der Waals surface area (Å²) in [5, 5.41) is 0. The first kappa shape index (κ1) is 10.9. The Morgan fingerprint density at radius 2 is 1.77 bits per heavy atom. The van der Waals surface area contributed by atoms with E-state index in [1.165, 1.54) is 18.2 Å². The van der Waals surface area contributed by atoms with Crippen molar-refractivity contribution in [3.63, 3.8) is 0 Å². The molecule has 1 rings (SSSR count). The third kappa shape index (κ3) is 2.61. The predicted molar refractivity (Wildman–Crippen MR) is 51.8 cm³/mol. The van der Waals surface area contributed by atoms with Gasteiger partial charge in [-0.1, -0.05) is 0 Å². The summed E-state index contributed by atoms with van der Waals surface area (Å²) in [5.41, 5.74) is 0. The van der Waals surface area contributed by atoms with Crippen LogP contribution in [0.2, 0.25) is 0 Å². The fraction of sp³-hybridized carbons (Fsp3) is 0. The summed E-state index contributed by atoms with van der Waals surface area (Å²) in [5.74, 6) is 0. The van der Waals surface area contributed by atoms with Gasteiger partial charge in [-0.05, 0) is 18.2 Å². The highest BCUT2D eigenvalue weighted by Gasteiger charge is 2.08. The SMILES string of the molecule is O=S(O)c1ccc(S)c(S(=O)O)c1. The maximum absolute atomic E-state index is 10.7. The first-order valence-corrected chi connectivity index (χ1v) is 5.73. The maximum atomic E-state index is 10.7. The van der Waals surface area contributed by atoms with E-state index in [-0.39, 0.29) is 9.79 Å². The van der Waals surface area contributed by atoms with Gasteiger partial charge < -0.3 is 9.11 Å². The molecular weight excluding hydrogens is 232 g/mol. The third-order valence-electron chi connectivity index (χ3n) is 1.32. The molecule has 1 aromatic rings. The summed E-state index contributed by atoms with van der Waals surface area (Å²) in [6.45, 7) is 0. The zero-order valence-electron chi connectivity index (χ0n) is 6.21. The van der Waals surface area contributed by atoms with Crippen molar-refractivity contribution in [1.29, 1.82) is 0 Å². The van der Waals surface area contributed by atoms with Crippen LogP contribution in [0.25, 0.3) is 0 Å². The normalized spacial score (nSPS) is 15.3. The minimum atomic E-state index is -2.19. The first-order chi connectivity index (χ1) is 6.02. The maximum Gasteiger partial charge on any atom is 0.187 e. The highest BCUT2D eigenvalue weighted by Crippen LogP contribution is 2.19. The molecule has 13 heavy (non-hydrogen) atoms. The van der Waals surface area contributed by atoms with E-state index >= 15 is 0 Å². The molecule has 0 heterocycles. The molecule has 0 aromatic heterocycles. The minimum Gasteiger partial charge on any atom is -0.302 e. The Balaban J connectivity index is 3.27. The fourth-order valence-corrected chi connectivity index (χ4v) is 2.07. The van der Waals surface area contributed by atoms with Gasteiger partial charge in [-0.25, -0.2) is 8.42 Å². The van der Waals surface area contributed by atoms with E-state index < -0.39 is 22.2 Å². The standard InChI is InChI=1S/C6H6O4S3/c7-12(8)4-1-2-5(11)6(3-4)13(9)10/h1-3,11H,(H,7,8)(H,9,10). The van der Waals surface area contributed by atoms with Crippen molar-refractivity contribution < 1.29 is 17.5 Å². The molecule has 0 fully saturated rings. The molecule has 2 atom stereocenters. The molecule has 0 spiro atoms. The van der Waals surface area contributed by atoms with Gasteiger partial charge in [-0.15, -0.1) is 12.6 Å². The molecule has 0 aliphatic rings. The highest BCUT2D eigenvalue weighted by atomic mass is 32.2. The smallest absolute Gasteiger partial charge is 0.187 e. The molecule has 0 amide bonds. The van der Waals surface area contributed by atoms with E-state index in [1.807, 2.05) is 0 Å². The molecule has 0 saturated heterocycles. The Bertz CT molecular complexity index is 376. The minimum absolute atomic E-state index is 0.0308. The van der Waals surface area contributed by atoms with Crippen LogP contribution in [0.3, 0.4) is 0 Å². The van der Waals surface area contributed by atoms with Gasteiger partial charge in [0.1, 0.15) is 0 Å².